The number of hydrogen-bond acceptors (Lipinski definition) is 4. The number of carbonyl (C=O) groups excluding carboxylic acids is 1. The molecule has 0 bridgehead atoms. The fourth-order valence-electron chi connectivity index (χ4n) is 3.94. The monoisotopic (exact) mass is 456 g/mol. The molecule has 4 rings (SSSR count). The molecule has 2 amide bonds. The van der Waals surface area contributed by atoms with Gasteiger partial charge in [-0.1, -0.05) is 11.6 Å². The van der Waals surface area contributed by atoms with Crippen LogP contribution in [0.5, 0.6) is 0 Å². The zero-order valence-corrected chi connectivity index (χ0v) is 17.7. The van der Waals surface area contributed by atoms with Crippen LogP contribution in [0, 0.1) is 0 Å². The molecule has 2 aromatic rings. The lowest BCUT2D eigenvalue weighted by Gasteiger charge is -2.35. The van der Waals surface area contributed by atoms with Crippen molar-refractivity contribution in [3.63, 3.8) is 0 Å². The molecule has 0 spiro atoms. The molecule has 7 nitrogen and oxygen atoms in total. The van der Waals surface area contributed by atoms with E-state index in [1.165, 1.54) is 12.8 Å². The van der Waals surface area contributed by atoms with Crippen LogP contribution >= 0.6 is 11.6 Å². The second-order valence-electron chi connectivity index (χ2n) is 7.78. The summed E-state index contributed by atoms with van der Waals surface area (Å²) < 4.78 is 40.5. The number of rotatable bonds is 4. The van der Waals surface area contributed by atoms with Gasteiger partial charge in [-0.3, -0.25) is 0 Å². The van der Waals surface area contributed by atoms with Crippen molar-refractivity contribution in [1.82, 2.24) is 24.8 Å². The molecular formula is C20H24ClF3N6O. The van der Waals surface area contributed by atoms with Crippen molar-refractivity contribution in [2.24, 2.45) is 0 Å². The van der Waals surface area contributed by atoms with Crippen LogP contribution in [0.15, 0.2) is 18.5 Å². The van der Waals surface area contributed by atoms with Crippen LogP contribution in [0.2, 0.25) is 5.02 Å². The lowest BCUT2D eigenvalue weighted by molar-refractivity contribution is -0.137. The number of hydrogen-bond donors (Lipinski definition) is 1. The second kappa shape index (κ2) is 8.94. The van der Waals surface area contributed by atoms with Crippen molar-refractivity contribution in [2.75, 3.05) is 37.6 Å². The summed E-state index contributed by atoms with van der Waals surface area (Å²) in [5.41, 5.74) is 0.114. The molecule has 0 radical (unpaired) electrons. The van der Waals surface area contributed by atoms with Gasteiger partial charge in [0.1, 0.15) is 11.6 Å². The Hall–Kier alpha value is -2.49. The standard InChI is InChI=1S/C20H24ClF3N6O/c21-16-11-14(20(22,23)24)12-26-18(16)28-7-9-29(10-8-28)19(31)25-5-4-15-13-30-6-2-1-3-17(30)27-15/h11-13H,1-10H2,(H,25,31). The normalized spacial score (nSPS) is 16.9. The first kappa shape index (κ1) is 21.7. The number of alkyl halides is 3. The second-order valence-corrected chi connectivity index (χ2v) is 8.19. The predicted molar refractivity (Wildman–Crippen MR) is 110 cm³/mol. The third-order valence-electron chi connectivity index (χ3n) is 5.63. The first-order valence-electron chi connectivity index (χ1n) is 10.4. The van der Waals surface area contributed by atoms with E-state index in [-0.39, 0.29) is 11.1 Å². The summed E-state index contributed by atoms with van der Waals surface area (Å²) in [6.07, 6.45) is 2.41. The predicted octanol–water partition coefficient (Wildman–Crippen LogP) is 3.36. The molecule has 11 heteroatoms. The summed E-state index contributed by atoms with van der Waals surface area (Å²) in [5, 5.41) is 2.88. The van der Waals surface area contributed by atoms with Crippen LogP contribution in [0.3, 0.4) is 0 Å². The van der Waals surface area contributed by atoms with Crippen LogP contribution in [0.1, 0.15) is 29.9 Å². The molecule has 1 N–H and O–H groups in total. The van der Waals surface area contributed by atoms with Crippen molar-refractivity contribution in [3.8, 4) is 0 Å². The first-order valence-corrected chi connectivity index (χ1v) is 10.7. The number of aryl methyl sites for hydroxylation is 2. The van der Waals surface area contributed by atoms with Crippen LogP contribution < -0.4 is 10.2 Å². The van der Waals surface area contributed by atoms with Crippen LogP contribution in [0.25, 0.3) is 0 Å². The molecular weight excluding hydrogens is 433 g/mol. The lowest BCUT2D eigenvalue weighted by Crippen LogP contribution is -2.52. The van der Waals surface area contributed by atoms with Crippen LogP contribution in [-0.4, -0.2) is 58.2 Å². The zero-order valence-electron chi connectivity index (χ0n) is 17.0. The molecule has 31 heavy (non-hydrogen) atoms. The van der Waals surface area contributed by atoms with Crippen LogP contribution in [-0.2, 0) is 25.6 Å². The van der Waals surface area contributed by atoms with Gasteiger partial charge in [-0.15, -0.1) is 0 Å². The van der Waals surface area contributed by atoms with Crippen LogP contribution in [0.4, 0.5) is 23.8 Å². The van der Waals surface area contributed by atoms with Crippen molar-refractivity contribution in [3.05, 3.63) is 40.6 Å². The number of aromatic nitrogens is 3. The lowest BCUT2D eigenvalue weighted by atomic mass is 10.2. The molecule has 0 aromatic carbocycles. The number of amides is 2. The summed E-state index contributed by atoms with van der Waals surface area (Å²) in [6, 6.07) is 0.728. The zero-order chi connectivity index (χ0) is 22.0. The average molecular weight is 457 g/mol. The Kier molecular flexibility index (Phi) is 6.27. The number of nitrogens with one attached hydrogen (secondary N) is 1. The maximum atomic E-state index is 12.8. The number of imidazole rings is 1. The van der Waals surface area contributed by atoms with E-state index in [2.05, 4.69) is 26.0 Å². The Labute approximate surface area is 183 Å². The molecule has 0 unspecified atom stereocenters. The van der Waals surface area contributed by atoms with Gasteiger partial charge in [0, 0.05) is 64.5 Å². The fourth-order valence-corrected chi connectivity index (χ4v) is 4.23. The highest BCUT2D eigenvalue weighted by molar-refractivity contribution is 6.33. The number of urea groups is 1. The average Bonchev–Trinajstić information content (AvgIpc) is 3.16. The number of halogens is 4. The maximum absolute atomic E-state index is 12.8. The number of carbonyl (C=O) groups is 1. The summed E-state index contributed by atoms with van der Waals surface area (Å²) in [5.74, 6) is 1.43. The Morgan fingerprint density at radius 2 is 1.94 bits per heavy atom. The van der Waals surface area contributed by atoms with E-state index in [0.29, 0.717) is 45.0 Å². The van der Waals surface area contributed by atoms with E-state index in [1.807, 2.05) is 0 Å². The highest BCUT2D eigenvalue weighted by Gasteiger charge is 2.32. The van der Waals surface area contributed by atoms with Crippen molar-refractivity contribution < 1.29 is 18.0 Å². The Balaban J connectivity index is 1.25. The Bertz CT molecular complexity index is 916. The van der Waals surface area contributed by atoms with E-state index < -0.39 is 11.7 Å². The van der Waals surface area contributed by atoms with E-state index in [1.54, 1.807) is 9.80 Å². The van der Waals surface area contributed by atoms with Gasteiger partial charge in [0.05, 0.1) is 16.3 Å². The van der Waals surface area contributed by atoms with E-state index in [0.717, 1.165) is 36.7 Å². The topological polar surface area (TPSA) is 66.3 Å². The summed E-state index contributed by atoms with van der Waals surface area (Å²) in [4.78, 5) is 24.5. The molecule has 1 saturated heterocycles. The molecule has 2 aliphatic heterocycles. The van der Waals surface area contributed by atoms with Gasteiger partial charge in [-0.05, 0) is 18.9 Å². The first-order chi connectivity index (χ1) is 14.8. The summed E-state index contributed by atoms with van der Waals surface area (Å²) >= 11 is 6.03. The molecule has 2 aliphatic rings. The molecule has 2 aromatic heterocycles. The van der Waals surface area contributed by atoms with Gasteiger partial charge < -0.3 is 19.7 Å². The smallest absolute Gasteiger partial charge is 0.352 e. The number of nitrogens with zero attached hydrogens (tertiary/aromatic N) is 5. The molecule has 0 aliphatic carbocycles. The number of fused-ring (bicyclic) bond motifs is 1. The Morgan fingerprint density at radius 1 is 1.16 bits per heavy atom. The van der Waals surface area contributed by atoms with Gasteiger partial charge in [-0.25, -0.2) is 14.8 Å². The molecule has 1 fully saturated rings. The van der Waals surface area contributed by atoms with Gasteiger partial charge in [0.15, 0.2) is 0 Å². The van der Waals surface area contributed by atoms with Crippen molar-refractivity contribution >= 4 is 23.4 Å². The minimum Gasteiger partial charge on any atom is -0.352 e. The molecule has 0 atom stereocenters. The number of pyridine rings is 1. The van der Waals surface area contributed by atoms with E-state index >= 15 is 0 Å². The van der Waals surface area contributed by atoms with Crippen molar-refractivity contribution in [2.45, 2.75) is 38.4 Å². The third-order valence-corrected chi connectivity index (χ3v) is 5.91. The molecule has 168 valence electrons. The maximum Gasteiger partial charge on any atom is 0.417 e. The minimum absolute atomic E-state index is 0.0458. The highest BCUT2D eigenvalue weighted by atomic mass is 35.5. The van der Waals surface area contributed by atoms with Gasteiger partial charge >= 0.3 is 12.2 Å². The van der Waals surface area contributed by atoms with Crippen molar-refractivity contribution in [1.29, 1.82) is 0 Å². The summed E-state index contributed by atoms with van der Waals surface area (Å²) in [7, 11) is 0. The summed E-state index contributed by atoms with van der Waals surface area (Å²) in [6.45, 7) is 3.27. The van der Waals surface area contributed by atoms with Gasteiger partial charge in [0.25, 0.3) is 0 Å². The van der Waals surface area contributed by atoms with E-state index in [9.17, 15) is 18.0 Å². The quantitative estimate of drug-likeness (QED) is 0.766. The SMILES string of the molecule is O=C(NCCc1cn2c(n1)CCCC2)N1CCN(c2ncc(C(F)(F)F)cc2Cl)CC1. The fraction of sp³-hybridized carbons (Fsp3) is 0.550. The number of anilines is 1. The third kappa shape index (κ3) is 5.06. The minimum atomic E-state index is -4.48. The van der Waals surface area contributed by atoms with E-state index in [4.69, 9.17) is 11.6 Å². The number of piperazine rings is 1. The highest BCUT2D eigenvalue weighted by Crippen LogP contribution is 2.33. The largest absolute Gasteiger partial charge is 0.417 e. The van der Waals surface area contributed by atoms with Gasteiger partial charge in [-0.2, -0.15) is 13.2 Å². The Morgan fingerprint density at radius 3 is 2.61 bits per heavy atom. The molecule has 0 saturated carbocycles. The van der Waals surface area contributed by atoms with Gasteiger partial charge in [0.2, 0.25) is 0 Å². The molecule has 4 heterocycles.